The van der Waals surface area contributed by atoms with Crippen molar-refractivity contribution in [2.45, 2.75) is 0 Å². The largest absolute Gasteiger partial charge is 2.00 e. The summed E-state index contributed by atoms with van der Waals surface area (Å²) in [5.74, 6) is 0. The van der Waals surface area contributed by atoms with E-state index in [1.54, 1.807) is 0 Å². The standard InChI is InChI=1S/NO3.HNO2.Ru/c2-1(3)4;2-1-3;/h;(H,2,3);/q-1;;+2/p-1. The van der Waals surface area contributed by atoms with Crippen molar-refractivity contribution in [3.8, 4) is 0 Å². The van der Waals surface area contributed by atoms with E-state index in [0.29, 0.717) is 0 Å². The van der Waals surface area contributed by atoms with E-state index < -0.39 is 5.09 Å². The molecule has 8 heavy (non-hydrogen) atoms. The van der Waals surface area contributed by atoms with Gasteiger partial charge in [-0.1, -0.05) is 0 Å². The first-order chi connectivity index (χ1) is 3.15. The van der Waals surface area contributed by atoms with E-state index in [2.05, 4.69) is 0 Å². The van der Waals surface area contributed by atoms with Crippen LogP contribution in [0.5, 0.6) is 0 Å². The van der Waals surface area contributed by atoms with Gasteiger partial charge in [0.15, 0.2) is 0 Å². The van der Waals surface area contributed by atoms with Gasteiger partial charge in [0.1, 0.15) is 0 Å². The van der Waals surface area contributed by atoms with E-state index in [4.69, 9.17) is 25.4 Å². The van der Waals surface area contributed by atoms with E-state index >= 15 is 0 Å². The van der Waals surface area contributed by atoms with Crippen LogP contribution < -0.4 is 0 Å². The summed E-state index contributed by atoms with van der Waals surface area (Å²) in [6.07, 6.45) is 0. The van der Waals surface area contributed by atoms with Crippen molar-refractivity contribution < 1.29 is 24.6 Å². The molecular formula is N2O5Ru. The normalized spacial score (nSPS) is 4.50. The van der Waals surface area contributed by atoms with Gasteiger partial charge in [-0.15, -0.1) is 5.34 Å². The van der Waals surface area contributed by atoms with Gasteiger partial charge in [-0.3, -0.25) is 0 Å². The van der Waals surface area contributed by atoms with E-state index in [0.717, 1.165) is 5.34 Å². The van der Waals surface area contributed by atoms with Crippen molar-refractivity contribution in [1.82, 2.24) is 0 Å². The summed E-state index contributed by atoms with van der Waals surface area (Å²) in [7, 11) is 0. The average Bonchev–Trinajstić information content (AvgIpc) is 1.33. The summed E-state index contributed by atoms with van der Waals surface area (Å²) < 4.78 is 0. The first-order valence-electron chi connectivity index (χ1n) is 0.913. The first kappa shape index (κ1) is 15.7. The van der Waals surface area contributed by atoms with Gasteiger partial charge in [0, 0.05) is 0 Å². The first-order valence-corrected chi connectivity index (χ1v) is 0.913. The second-order valence-corrected chi connectivity index (χ2v) is 0.298. The van der Waals surface area contributed by atoms with Crippen molar-refractivity contribution in [1.29, 1.82) is 0 Å². The Hall–Kier alpha value is -0.777. The van der Waals surface area contributed by atoms with Crippen LogP contribution in [-0.2, 0) is 19.5 Å². The van der Waals surface area contributed by atoms with Crippen LogP contribution in [-0.4, -0.2) is 5.09 Å². The topological polar surface area (TPSA) is 119 Å². The zero-order valence-corrected chi connectivity index (χ0v) is 5.03. The molecule has 0 radical (unpaired) electrons. The maximum absolute atomic E-state index is 8.25. The van der Waals surface area contributed by atoms with Gasteiger partial charge in [0.05, 0.1) is 5.09 Å². The summed E-state index contributed by atoms with van der Waals surface area (Å²) in [4.78, 5) is 16.2. The van der Waals surface area contributed by atoms with E-state index in [1.807, 2.05) is 0 Å². The Bertz CT molecular complexity index is 57.4. The summed E-state index contributed by atoms with van der Waals surface area (Å²) in [5.41, 5.74) is 0. The van der Waals surface area contributed by atoms with Crippen molar-refractivity contribution in [3.05, 3.63) is 25.4 Å². The third-order valence-electron chi connectivity index (χ3n) is 0. The fourth-order valence-corrected chi connectivity index (χ4v) is 0. The molecule has 0 saturated heterocycles. The molecule has 0 saturated carbocycles. The fourth-order valence-electron chi connectivity index (χ4n) is 0. The number of rotatable bonds is 0. The molecule has 8 heteroatoms. The summed E-state index contributed by atoms with van der Waals surface area (Å²) in [5, 5.41) is 23.8. The molecular weight excluding hydrogens is 209 g/mol. The average molecular weight is 209 g/mol. The minimum Gasteiger partial charge on any atom is -0.444 e. The van der Waals surface area contributed by atoms with Gasteiger partial charge in [-0.2, -0.15) is 0 Å². The molecule has 0 fully saturated rings. The van der Waals surface area contributed by atoms with Crippen LogP contribution in [0.25, 0.3) is 0 Å². The van der Waals surface area contributed by atoms with Crippen LogP contribution in [0.1, 0.15) is 0 Å². The third kappa shape index (κ3) is 154. The summed E-state index contributed by atoms with van der Waals surface area (Å²) >= 11 is 0. The maximum atomic E-state index is 8.25. The Kier molecular flexibility index (Phi) is 32.0. The quantitative estimate of drug-likeness (QED) is 0.241. The van der Waals surface area contributed by atoms with Crippen LogP contribution in [0, 0.1) is 25.4 Å². The number of hydrogen-bond acceptors (Lipinski definition) is 6. The van der Waals surface area contributed by atoms with Gasteiger partial charge in [0.2, 0.25) is 0 Å². The molecule has 0 atom stereocenters. The van der Waals surface area contributed by atoms with Gasteiger partial charge < -0.3 is 25.4 Å². The molecule has 0 amide bonds. The predicted octanol–water partition coefficient (Wildman–Crippen LogP) is 0.00900. The Labute approximate surface area is 56.1 Å². The minimum absolute atomic E-state index is 0. The maximum Gasteiger partial charge on any atom is 2.00 e. The molecule has 0 heterocycles. The summed E-state index contributed by atoms with van der Waals surface area (Å²) in [6, 6.07) is 0. The molecule has 0 N–H and O–H groups in total. The van der Waals surface area contributed by atoms with Crippen molar-refractivity contribution in [2.75, 3.05) is 0 Å². The van der Waals surface area contributed by atoms with Gasteiger partial charge >= 0.3 is 19.5 Å². The molecule has 0 unspecified atom stereocenters. The molecule has 0 aliphatic heterocycles. The van der Waals surface area contributed by atoms with E-state index in [9.17, 15) is 0 Å². The van der Waals surface area contributed by atoms with Crippen LogP contribution in [0.3, 0.4) is 0 Å². The predicted molar refractivity (Wildman–Crippen MR) is 19.5 cm³/mol. The molecule has 0 bridgehead atoms. The van der Waals surface area contributed by atoms with Gasteiger partial charge in [-0.05, 0) is 0 Å². The van der Waals surface area contributed by atoms with Gasteiger partial charge in [-0.25, -0.2) is 0 Å². The van der Waals surface area contributed by atoms with Crippen molar-refractivity contribution in [2.24, 2.45) is 5.34 Å². The smallest absolute Gasteiger partial charge is 0.444 e. The number of nitrogens with zero attached hydrogens (tertiary/aromatic N) is 2. The van der Waals surface area contributed by atoms with Crippen molar-refractivity contribution >= 4 is 0 Å². The van der Waals surface area contributed by atoms with Crippen LogP contribution in [0.2, 0.25) is 0 Å². The van der Waals surface area contributed by atoms with E-state index in [1.165, 1.54) is 0 Å². The molecule has 48 valence electrons. The Morgan fingerprint density at radius 2 is 1.38 bits per heavy atom. The van der Waals surface area contributed by atoms with Gasteiger partial charge in [0.25, 0.3) is 0 Å². The molecule has 0 aromatic carbocycles. The van der Waals surface area contributed by atoms with Crippen LogP contribution in [0.15, 0.2) is 5.34 Å². The molecule has 0 rings (SSSR count). The number of hydrogen-bond donors (Lipinski definition) is 0. The third-order valence-corrected chi connectivity index (χ3v) is 0. The Morgan fingerprint density at radius 1 is 1.38 bits per heavy atom. The van der Waals surface area contributed by atoms with Crippen LogP contribution in [0.4, 0.5) is 0 Å². The Morgan fingerprint density at radius 3 is 1.38 bits per heavy atom. The second-order valence-electron chi connectivity index (χ2n) is 0.298. The SMILES string of the molecule is O=N[O-].O=[N+]([O-])[O-].[Ru+2]. The molecule has 0 aromatic rings. The van der Waals surface area contributed by atoms with Crippen LogP contribution >= 0.6 is 0 Å². The second kappa shape index (κ2) is 16.3. The molecule has 0 aliphatic rings. The molecule has 0 aromatic heterocycles. The fraction of sp³-hybridized carbons (Fsp3) is 0. The zero-order chi connectivity index (χ0) is 6.28. The molecule has 0 aliphatic carbocycles. The monoisotopic (exact) mass is 210 g/mol. The molecule has 0 spiro atoms. The van der Waals surface area contributed by atoms with Crippen molar-refractivity contribution in [3.63, 3.8) is 0 Å². The Balaban J connectivity index is -0.0000000575. The zero-order valence-electron chi connectivity index (χ0n) is 3.29. The van der Waals surface area contributed by atoms with E-state index in [-0.39, 0.29) is 19.5 Å². The minimum atomic E-state index is -1.75. The summed E-state index contributed by atoms with van der Waals surface area (Å²) in [6.45, 7) is 0. The molecule has 7 nitrogen and oxygen atoms in total.